The van der Waals surface area contributed by atoms with E-state index in [1.54, 1.807) is 34.6 Å². The van der Waals surface area contributed by atoms with Crippen LogP contribution in [0.3, 0.4) is 0 Å². The molecule has 0 spiro atoms. The minimum atomic E-state index is -1.10. The first kappa shape index (κ1) is 24.2. The van der Waals surface area contributed by atoms with Gasteiger partial charge in [0.1, 0.15) is 5.60 Å². The third-order valence-electron chi connectivity index (χ3n) is 3.96. The van der Waals surface area contributed by atoms with Gasteiger partial charge in [0.05, 0.1) is 12.0 Å². The number of alkyl carbamates (subject to hydrolysis) is 1. The van der Waals surface area contributed by atoms with E-state index in [1.807, 2.05) is 13.8 Å². The molecule has 0 aliphatic carbocycles. The summed E-state index contributed by atoms with van der Waals surface area (Å²) in [5, 5.41) is 13.1. The summed E-state index contributed by atoms with van der Waals surface area (Å²) >= 11 is 0. The van der Waals surface area contributed by atoms with Crippen LogP contribution in [0.15, 0.2) is 0 Å². The number of hydroxylamine groups is 2. The number of aliphatic hydroxyl groups excluding tert-OH is 1. The SMILES string of the molecule is CC(C)(CCOC(C)(C)CC(=O)ON1C(=O)CCC1O)NC(=O)OC(C)(C)C. The second kappa shape index (κ2) is 9.09. The van der Waals surface area contributed by atoms with E-state index >= 15 is 0 Å². The van der Waals surface area contributed by atoms with Gasteiger partial charge in [-0.05, 0) is 54.9 Å². The lowest BCUT2D eigenvalue weighted by atomic mass is 10.0. The minimum Gasteiger partial charge on any atom is -0.444 e. The third-order valence-corrected chi connectivity index (χ3v) is 3.96. The molecule has 1 rings (SSSR count). The number of ether oxygens (including phenoxy) is 2. The Labute approximate surface area is 166 Å². The Kier molecular flexibility index (Phi) is 7.84. The van der Waals surface area contributed by atoms with E-state index in [0.29, 0.717) is 11.5 Å². The molecule has 1 unspecified atom stereocenters. The van der Waals surface area contributed by atoms with Gasteiger partial charge in [0.15, 0.2) is 6.23 Å². The second-order valence-corrected chi connectivity index (χ2v) is 9.25. The predicted molar refractivity (Wildman–Crippen MR) is 101 cm³/mol. The summed E-state index contributed by atoms with van der Waals surface area (Å²) in [6.07, 6.45) is -0.813. The maximum absolute atomic E-state index is 12.1. The topological polar surface area (TPSA) is 114 Å². The van der Waals surface area contributed by atoms with Gasteiger partial charge in [-0.15, -0.1) is 5.06 Å². The summed E-state index contributed by atoms with van der Waals surface area (Å²) < 4.78 is 11.0. The van der Waals surface area contributed by atoms with Crippen LogP contribution in [0.2, 0.25) is 0 Å². The molecule has 0 saturated carbocycles. The van der Waals surface area contributed by atoms with Crippen LogP contribution in [-0.4, -0.2) is 57.7 Å². The van der Waals surface area contributed by atoms with E-state index in [0.717, 1.165) is 0 Å². The molecule has 1 aliphatic rings. The maximum Gasteiger partial charge on any atom is 0.408 e. The third kappa shape index (κ3) is 8.88. The van der Waals surface area contributed by atoms with Gasteiger partial charge in [-0.3, -0.25) is 4.79 Å². The molecule has 9 heteroatoms. The summed E-state index contributed by atoms with van der Waals surface area (Å²) in [7, 11) is 0. The van der Waals surface area contributed by atoms with Gasteiger partial charge in [-0.1, -0.05) is 0 Å². The highest BCUT2D eigenvalue weighted by Crippen LogP contribution is 2.21. The maximum atomic E-state index is 12.1. The molecule has 2 N–H and O–H groups in total. The van der Waals surface area contributed by atoms with Crippen molar-refractivity contribution >= 4 is 18.0 Å². The smallest absolute Gasteiger partial charge is 0.408 e. The molecule has 28 heavy (non-hydrogen) atoms. The van der Waals surface area contributed by atoms with E-state index in [1.165, 1.54) is 0 Å². The van der Waals surface area contributed by atoms with Crippen molar-refractivity contribution in [3.63, 3.8) is 0 Å². The lowest BCUT2D eigenvalue weighted by molar-refractivity contribution is -0.223. The number of rotatable bonds is 8. The second-order valence-electron chi connectivity index (χ2n) is 9.25. The zero-order valence-corrected chi connectivity index (χ0v) is 18.0. The zero-order chi connectivity index (χ0) is 21.8. The van der Waals surface area contributed by atoms with Gasteiger partial charge in [0, 0.05) is 25.0 Å². The van der Waals surface area contributed by atoms with Crippen molar-refractivity contribution in [3.05, 3.63) is 0 Å². The highest BCUT2D eigenvalue weighted by Gasteiger charge is 2.35. The van der Waals surface area contributed by atoms with E-state index < -0.39 is 40.9 Å². The van der Waals surface area contributed by atoms with Crippen LogP contribution in [0.4, 0.5) is 4.79 Å². The fraction of sp³-hybridized carbons (Fsp3) is 0.842. The van der Waals surface area contributed by atoms with Gasteiger partial charge in [-0.25, -0.2) is 9.59 Å². The average molecular weight is 402 g/mol. The average Bonchev–Trinajstić information content (AvgIpc) is 2.75. The van der Waals surface area contributed by atoms with Crippen molar-refractivity contribution in [2.24, 2.45) is 0 Å². The van der Waals surface area contributed by atoms with Crippen LogP contribution < -0.4 is 5.32 Å². The number of carbonyl (C=O) groups excluding carboxylic acids is 3. The number of amides is 2. The molecular weight excluding hydrogens is 368 g/mol. The highest BCUT2D eigenvalue weighted by molar-refractivity contribution is 5.80. The monoisotopic (exact) mass is 402 g/mol. The van der Waals surface area contributed by atoms with Crippen molar-refractivity contribution in [2.75, 3.05) is 6.61 Å². The first-order chi connectivity index (χ1) is 12.6. The Morgan fingerprint density at radius 3 is 2.29 bits per heavy atom. The molecule has 1 heterocycles. The van der Waals surface area contributed by atoms with Crippen LogP contribution in [0.25, 0.3) is 0 Å². The molecule has 9 nitrogen and oxygen atoms in total. The predicted octanol–water partition coefficient (Wildman–Crippen LogP) is 2.26. The lowest BCUT2D eigenvalue weighted by Crippen LogP contribution is -2.47. The van der Waals surface area contributed by atoms with Crippen LogP contribution >= 0.6 is 0 Å². The van der Waals surface area contributed by atoms with Crippen molar-refractivity contribution in [1.82, 2.24) is 10.4 Å². The Morgan fingerprint density at radius 1 is 1.18 bits per heavy atom. The molecule has 1 fully saturated rings. The normalized spacial score (nSPS) is 18.2. The Bertz CT molecular complexity index is 581. The first-order valence-electron chi connectivity index (χ1n) is 9.46. The molecule has 2 amide bonds. The summed E-state index contributed by atoms with van der Waals surface area (Å²) in [4.78, 5) is 40.5. The fourth-order valence-corrected chi connectivity index (χ4v) is 2.52. The van der Waals surface area contributed by atoms with Crippen molar-refractivity contribution in [2.45, 2.75) is 97.1 Å². The van der Waals surface area contributed by atoms with Crippen LogP contribution in [0.5, 0.6) is 0 Å². The zero-order valence-electron chi connectivity index (χ0n) is 18.0. The number of carbonyl (C=O) groups is 3. The Hall–Kier alpha value is -1.87. The minimum absolute atomic E-state index is 0.0938. The highest BCUT2D eigenvalue weighted by atomic mass is 16.7. The molecule has 0 aromatic heterocycles. The number of nitrogens with one attached hydrogen (secondary N) is 1. The largest absolute Gasteiger partial charge is 0.444 e. The Balaban J connectivity index is 2.42. The number of aliphatic hydroxyl groups is 1. The van der Waals surface area contributed by atoms with E-state index in [2.05, 4.69) is 5.32 Å². The number of nitrogens with zero attached hydrogens (tertiary/aromatic N) is 1. The van der Waals surface area contributed by atoms with Gasteiger partial charge >= 0.3 is 12.1 Å². The molecule has 1 saturated heterocycles. The molecule has 1 aliphatic heterocycles. The quantitative estimate of drug-likeness (QED) is 0.640. The van der Waals surface area contributed by atoms with Crippen LogP contribution in [-0.2, 0) is 23.9 Å². The summed E-state index contributed by atoms with van der Waals surface area (Å²) in [5.41, 5.74) is -1.98. The molecular formula is C19H34N2O7. The number of hydrogen-bond donors (Lipinski definition) is 2. The molecule has 0 aromatic carbocycles. The molecule has 1 atom stereocenters. The van der Waals surface area contributed by atoms with Gasteiger partial charge in [-0.2, -0.15) is 0 Å². The van der Waals surface area contributed by atoms with E-state index in [9.17, 15) is 19.5 Å². The molecule has 162 valence electrons. The van der Waals surface area contributed by atoms with Crippen LogP contribution in [0, 0.1) is 0 Å². The first-order valence-corrected chi connectivity index (χ1v) is 9.46. The summed E-state index contributed by atoms with van der Waals surface area (Å²) in [6, 6.07) is 0. The van der Waals surface area contributed by atoms with Crippen molar-refractivity contribution < 1.29 is 33.8 Å². The van der Waals surface area contributed by atoms with Gasteiger partial charge < -0.3 is 24.7 Å². The van der Waals surface area contributed by atoms with Crippen molar-refractivity contribution in [1.29, 1.82) is 0 Å². The van der Waals surface area contributed by atoms with Crippen LogP contribution in [0.1, 0.15) is 74.1 Å². The fourth-order valence-electron chi connectivity index (χ4n) is 2.52. The lowest BCUT2D eigenvalue weighted by Gasteiger charge is -2.31. The van der Waals surface area contributed by atoms with Gasteiger partial charge in [0.2, 0.25) is 0 Å². The molecule has 0 aromatic rings. The van der Waals surface area contributed by atoms with Gasteiger partial charge in [0.25, 0.3) is 5.91 Å². The van der Waals surface area contributed by atoms with E-state index in [-0.39, 0.29) is 25.9 Å². The summed E-state index contributed by atoms with van der Waals surface area (Å²) in [5.74, 6) is -1.08. The Morgan fingerprint density at radius 2 is 1.79 bits per heavy atom. The van der Waals surface area contributed by atoms with Crippen molar-refractivity contribution in [3.8, 4) is 0 Å². The number of hydrogen-bond acceptors (Lipinski definition) is 7. The standard InChI is InChI=1S/C19H34N2O7/c1-17(2,3)27-16(25)20-18(4,5)10-11-26-19(6,7)12-15(24)28-21-13(22)8-9-14(21)23/h13,22H,8-12H2,1-7H3,(H,20,25). The molecule has 0 radical (unpaired) electrons. The van der Waals surface area contributed by atoms with E-state index in [4.69, 9.17) is 14.3 Å². The summed E-state index contributed by atoms with van der Waals surface area (Å²) in [6.45, 7) is 12.8. The molecule has 0 bridgehead atoms.